The minimum absolute atomic E-state index is 0.185. The Morgan fingerprint density at radius 3 is 2.06 bits per heavy atom. The van der Waals surface area contributed by atoms with E-state index in [9.17, 15) is 5.11 Å². The van der Waals surface area contributed by atoms with Crippen molar-refractivity contribution < 1.29 is 5.11 Å². The Kier molecular flexibility index (Phi) is 7.12. The van der Waals surface area contributed by atoms with Crippen molar-refractivity contribution in [2.45, 2.75) is 52.1 Å². The highest BCUT2D eigenvalue weighted by atomic mass is 127. The Morgan fingerprint density at radius 1 is 1.06 bits per heavy atom. The highest BCUT2D eigenvalue weighted by Gasteiger charge is 2.17. The third kappa shape index (κ3) is 5.38. The van der Waals surface area contributed by atoms with Gasteiger partial charge in [-0.15, -0.1) is 0 Å². The van der Waals surface area contributed by atoms with E-state index in [1.807, 2.05) is 0 Å². The van der Waals surface area contributed by atoms with Crippen molar-refractivity contribution in [1.29, 1.82) is 0 Å². The van der Waals surface area contributed by atoms with E-state index in [1.165, 1.54) is 9.13 Å². The van der Waals surface area contributed by atoms with Crippen LogP contribution in [0.2, 0.25) is 0 Å². The number of aliphatic hydroxyl groups excluding tert-OH is 1. The first-order valence-corrected chi connectivity index (χ1v) is 7.67. The minimum atomic E-state index is -0.185. The van der Waals surface area contributed by atoms with E-state index in [1.54, 1.807) is 0 Å². The van der Waals surface area contributed by atoms with Crippen molar-refractivity contribution in [3.8, 4) is 0 Å². The number of rotatable bonds is 7. The highest BCUT2D eigenvalue weighted by Crippen LogP contribution is 2.21. The van der Waals surface area contributed by atoms with Crippen LogP contribution in [0, 0.1) is 9.49 Å². The molecule has 0 amide bonds. The van der Waals surface area contributed by atoms with Crippen molar-refractivity contribution >= 4 is 22.6 Å². The lowest BCUT2D eigenvalue weighted by atomic mass is 9.89. The average Bonchev–Trinajstić information content (AvgIpc) is 2.32. The molecule has 2 heteroatoms. The van der Waals surface area contributed by atoms with Crippen LogP contribution in [0.15, 0.2) is 24.3 Å². The predicted octanol–water partition coefficient (Wildman–Crippen LogP) is 4.41. The largest absolute Gasteiger partial charge is 0.392 e. The Balaban J connectivity index is 2.55. The van der Waals surface area contributed by atoms with E-state index < -0.39 is 0 Å². The first kappa shape index (κ1) is 15.0. The summed E-state index contributed by atoms with van der Waals surface area (Å²) in [6.07, 6.45) is 5.21. The van der Waals surface area contributed by atoms with Gasteiger partial charge < -0.3 is 5.11 Å². The molecule has 0 aliphatic heterocycles. The van der Waals surface area contributed by atoms with E-state index in [-0.39, 0.29) is 6.10 Å². The topological polar surface area (TPSA) is 20.2 Å². The van der Waals surface area contributed by atoms with Crippen LogP contribution in [0.3, 0.4) is 0 Å². The van der Waals surface area contributed by atoms with E-state index in [0.29, 0.717) is 5.92 Å². The third-order valence-electron chi connectivity index (χ3n) is 3.22. The smallest absolute Gasteiger partial charge is 0.0608 e. The second-order valence-electron chi connectivity index (χ2n) is 4.74. The van der Waals surface area contributed by atoms with Gasteiger partial charge >= 0.3 is 0 Å². The lowest BCUT2D eigenvalue weighted by Crippen LogP contribution is -2.22. The van der Waals surface area contributed by atoms with Crippen LogP contribution in [0.25, 0.3) is 0 Å². The summed E-state index contributed by atoms with van der Waals surface area (Å²) in [5.74, 6) is 0.462. The third-order valence-corrected chi connectivity index (χ3v) is 3.94. The van der Waals surface area contributed by atoms with Crippen LogP contribution in [-0.2, 0) is 6.42 Å². The fraction of sp³-hybridized carbons (Fsp3) is 0.600. The molecule has 1 N–H and O–H groups in total. The Labute approximate surface area is 119 Å². The van der Waals surface area contributed by atoms with Crippen molar-refractivity contribution in [3.63, 3.8) is 0 Å². The van der Waals surface area contributed by atoms with Gasteiger partial charge in [0.15, 0.2) is 0 Å². The van der Waals surface area contributed by atoms with Gasteiger partial charge in [0.05, 0.1) is 6.10 Å². The van der Waals surface area contributed by atoms with Crippen LogP contribution in [0.4, 0.5) is 0 Å². The molecule has 17 heavy (non-hydrogen) atoms. The van der Waals surface area contributed by atoms with Crippen LogP contribution >= 0.6 is 22.6 Å². The van der Waals surface area contributed by atoms with E-state index >= 15 is 0 Å². The van der Waals surface area contributed by atoms with Gasteiger partial charge in [-0.25, -0.2) is 0 Å². The molecule has 1 aromatic carbocycles. The maximum absolute atomic E-state index is 10.3. The number of aliphatic hydroxyl groups is 1. The predicted molar refractivity (Wildman–Crippen MR) is 82.2 cm³/mol. The van der Waals surface area contributed by atoms with Gasteiger partial charge in [-0.2, -0.15) is 0 Å². The molecule has 0 bridgehead atoms. The minimum Gasteiger partial charge on any atom is -0.392 e. The van der Waals surface area contributed by atoms with E-state index in [0.717, 1.165) is 32.1 Å². The normalized spacial score (nSPS) is 13.0. The monoisotopic (exact) mass is 346 g/mol. The molecule has 1 atom stereocenters. The maximum Gasteiger partial charge on any atom is 0.0608 e. The molecule has 1 aromatic rings. The molecule has 96 valence electrons. The summed E-state index contributed by atoms with van der Waals surface area (Å²) in [7, 11) is 0. The van der Waals surface area contributed by atoms with E-state index in [2.05, 4.69) is 60.7 Å². The Morgan fingerprint density at radius 2 is 1.59 bits per heavy atom. The molecular weight excluding hydrogens is 323 g/mol. The molecule has 0 spiro atoms. The number of benzene rings is 1. The standard InChI is InChI=1S/C15H23IO/c1-3-5-13(6-4-2)15(17)11-12-7-9-14(16)10-8-12/h7-10,13,15,17H,3-6,11H2,1-2H3. The molecule has 1 unspecified atom stereocenters. The molecular formula is C15H23IO. The molecule has 0 fully saturated rings. The van der Waals surface area contributed by atoms with Crippen molar-refractivity contribution in [1.82, 2.24) is 0 Å². The number of hydrogen-bond donors (Lipinski definition) is 1. The first-order chi connectivity index (χ1) is 8.17. The summed E-state index contributed by atoms with van der Waals surface area (Å²) in [6, 6.07) is 8.47. The quantitative estimate of drug-likeness (QED) is 0.725. The highest BCUT2D eigenvalue weighted by molar-refractivity contribution is 14.1. The van der Waals surface area contributed by atoms with Crippen molar-refractivity contribution in [2.75, 3.05) is 0 Å². The van der Waals surface area contributed by atoms with Gasteiger partial charge in [0.25, 0.3) is 0 Å². The van der Waals surface area contributed by atoms with Crippen LogP contribution < -0.4 is 0 Å². The molecule has 0 heterocycles. The van der Waals surface area contributed by atoms with Gasteiger partial charge in [-0.1, -0.05) is 38.8 Å². The molecule has 0 saturated heterocycles. The summed E-state index contributed by atoms with van der Waals surface area (Å²) in [6.45, 7) is 4.39. The zero-order valence-corrected chi connectivity index (χ0v) is 13.0. The lowest BCUT2D eigenvalue weighted by Gasteiger charge is -2.22. The summed E-state index contributed by atoms with van der Waals surface area (Å²) in [5.41, 5.74) is 1.25. The fourth-order valence-electron chi connectivity index (χ4n) is 2.30. The van der Waals surface area contributed by atoms with Gasteiger partial charge in [-0.3, -0.25) is 0 Å². The van der Waals surface area contributed by atoms with E-state index in [4.69, 9.17) is 0 Å². The van der Waals surface area contributed by atoms with Crippen LogP contribution in [-0.4, -0.2) is 11.2 Å². The molecule has 1 nitrogen and oxygen atoms in total. The van der Waals surface area contributed by atoms with Gasteiger partial charge in [0.2, 0.25) is 0 Å². The van der Waals surface area contributed by atoms with Crippen molar-refractivity contribution in [2.24, 2.45) is 5.92 Å². The lowest BCUT2D eigenvalue weighted by molar-refractivity contribution is 0.0963. The SMILES string of the molecule is CCCC(CCC)C(O)Cc1ccc(I)cc1. The molecule has 0 aliphatic rings. The molecule has 0 aliphatic carbocycles. The maximum atomic E-state index is 10.3. The van der Waals surface area contributed by atoms with Gasteiger partial charge in [0, 0.05) is 3.57 Å². The summed E-state index contributed by atoms with van der Waals surface area (Å²) in [5, 5.41) is 10.3. The summed E-state index contributed by atoms with van der Waals surface area (Å²) in [4.78, 5) is 0. The Hall–Kier alpha value is -0.0900. The summed E-state index contributed by atoms with van der Waals surface area (Å²) >= 11 is 2.31. The fourth-order valence-corrected chi connectivity index (χ4v) is 2.66. The number of hydrogen-bond acceptors (Lipinski definition) is 1. The van der Waals surface area contributed by atoms with Gasteiger partial charge in [-0.05, 0) is 65.5 Å². The Bertz CT molecular complexity index is 301. The zero-order chi connectivity index (χ0) is 12.7. The van der Waals surface area contributed by atoms with Crippen molar-refractivity contribution in [3.05, 3.63) is 33.4 Å². The summed E-state index contributed by atoms with van der Waals surface area (Å²) < 4.78 is 1.25. The average molecular weight is 346 g/mol. The van der Waals surface area contributed by atoms with Crippen LogP contribution in [0.1, 0.15) is 45.1 Å². The second-order valence-corrected chi connectivity index (χ2v) is 5.98. The number of halogens is 1. The second kappa shape index (κ2) is 8.09. The molecule has 1 rings (SSSR count). The molecule has 0 saturated carbocycles. The van der Waals surface area contributed by atoms with Crippen LogP contribution in [0.5, 0.6) is 0 Å². The first-order valence-electron chi connectivity index (χ1n) is 6.59. The van der Waals surface area contributed by atoms with Gasteiger partial charge in [0.1, 0.15) is 0 Å². The zero-order valence-electron chi connectivity index (χ0n) is 10.8. The molecule has 0 aromatic heterocycles. The molecule has 0 radical (unpaired) electrons.